The van der Waals surface area contributed by atoms with E-state index in [2.05, 4.69) is 10.7 Å². The summed E-state index contributed by atoms with van der Waals surface area (Å²) in [6, 6.07) is 21.6. The highest BCUT2D eigenvalue weighted by Gasteiger charge is 2.44. The molecular formula is C27H25ClN4O4S. The lowest BCUT2D eigenvalue weighted by Gasteiger charge is -2.24. The molecule has 3 aromatic rings. The van der Waals surface area contributed by atoms with Crippen LogP contribution in [0.25, 0.3) is 0 Å². The molecule has 1 saturated heterocycles. The van der Waals surface area contributed by atoms with Gasteiger partial charge in [-0.25, -0.2) is 5.01 Å². The van der Waals surface area contributed by atoms with Crippen LogP contribution >= 0.6 is 23.8 Å². The van der Waals surface area contributed by atoms with Crippen molar-refractivity contribution >= 4 is 52.3 Å². The third kappa shape index (κ3) is 6.44. The van der Waals surface area contributed by atoms with Crippen LogP contribution in [0.15, 0.2) is 78.9 Å². The molecule has 0 saturated carbocycles. The lowest BCUT2D eigenvalue weighted by atomic mass is 10.1. The van der Waals surface area contributed by atoms with Crippen LogP contribution in [-0.4, -0.2) is 45.4 Å². The van der Waals surface area contributed by atoms with E-state index < -0.39 is 17.9 Å². The molecule has 37 heavy (non-hydrogen) atoms. The van der Waals surface area contributed by atoms with Crippen LogP contribution in [0.2, 0.25) is 5.02 Å². The van der Waals surface area contributed by atoms with Crippen LogP contribution in [-0.2, 0) is 16.1 Å². The summed E-state index contributed by atoms with van der Waals surface area (Å²) in [4.78, 5) is 40.7. The van der Waals surface area contributed by atoms with Crippen LogP contribution in [0.3, 0.4) is 0 Å². The summed E-state index contributed by atoms with van der Waals surface area (Å²) in [5.41, 5.74) is 4.45. The average Bonchev–Trinajstić information content (AvgIpc) is 3.10. The van der Waals surface area contributed by atoms with Crippen molar-refractivity contribution < 1.29 is 19.1 Å². The van der Waals surface area contributed by atoms with E-state index in [4.69, 9.17) is 28.6 Å². The maximum atomic E-state index is 13.4. The largest absolute Gasteiger partial charge is 0.494 e. The van der Waals surface area contributed by atoms with Gasteiger partial charge in [0.2, 0.25) is 5.91 Å². The van der Waals surface area contributed by atoms with Gasteiger partial charge in [0, 0.05) is 16.3 Å². The molecule has 3 amide bonds. The average molecular weight is 537 g/mol. The number of thiocarbonyl (C=S) groups is 1. The van der Waals surface area contributed by atoms with Crippen LogP contribution in [0.5, 0.6) is 5.75 Å². The topological polar surface area (TPSA) is 91.0 Å². The van der Waals surface area contributed by atoms with Crippen LogP contribution in [0.1, 0.15) is 29.3 Å². The zero-order valence-electron chi connectivity index (χ0n) is 20.0. The minimum atomic E-state index is -1.02. The van der Waals surface area contributed by atoms with E-state index in [-0.39, 0.29) is 24.0 Å². The van der Waals surface area contributed by atoms with Gasteiger partial charge in [-0.3, -0.25) is 24.7 Å². The van der Waals surface area contributed by atoms with Crippen molar-refractivity contribution in [1.29, 1.82) is 0 Å². The molecule has 10 heteroatoms. The molecule has 2 N–H and O–H groups in total. The number of nitrogens with one attached hydrogen (secondary N) is 2. The van der Waals surface area contributed by atoms with Crippen molar-refractivity contribution in [2.75, 3.05) is 11.9 Å². The lowest BCUT2D eigenvalue weighted by Crippen LogP contribution is -2.49. The van der Waals surface area contributed by atoms with E-state index in [0.29, 0.717) is 28.6 Å². The maximum absolute atomic E-state index is 13.4. The van der Waals surface area contributed by atoms with Gasteiger partial charge in [0.25, 0.3) is 11.8 Å². The highest BCUT2D eigenvalue weighted by Crippen LogP contribution is 2.23. The molecular weight excluding hydrogens is 512 g/mol. The smallest absolute Gasteiger partial charge is 0.269 e. The summed E-state index contributed by atoms with van der Waals surface area (Å²) in [6.45, 7) is 2.63. The van der Waals surface area contributed by atoms with E-state index in [1.807, 2.05) is 37.3 Å². The monoisotopic (exact) mass is 536 g/mol. The number of hydrogen-bond donors (Lipinski definition) is 2. The number of carbonyl (C=O) groups excluding carboxylic acids is 3. The molecule has 0 aromatic heterocycles. The number of carbonyl (C=O) groups is 3. The van der Waals surface area contributed by atoms with Crippen molar-refractivity contribution in [2.45, 2.75) is 25.9 Å². The Balaban J connectivity index is 1.52. The quantitative estimate of drug-likeness (QED) is 0.394. The Morgan fingerprint density at radius 1 is 1.00 bits per heavy atom. The molecule has 1 aliphatic rings. The van der Waals surface area contributed by atoms with E-state index in [1.54, 1.807) is 48.5 Å². The molecule has 3 aromatic carbocycles. The minimum Gasteiger partial charge on any atom is -0.494 e. The van der Waals surface area contributed by atoms with E-state index in [0.717, 1.165) is 5.56 Å². The second-order valence-electron chi connectivity index (χ2n) is 8.24. The molecule has 0 radical (unpaired) electrons. The fourth-order valence-electron chi connectivity index (χ4n) is 3.83. The summed E-state index contributed by atoms with van der Waals surface area (Å²) in [5, 5.41) is 4.67. The van der Waals surface area contributed by atoms with Crippen molar-refractivity contribution in [3.8, 4) is 5.75 Å². The number of benzene rings is 3. The van der Waals surface area contributed by atoms with Crippen molar-refractivity contribution in [3.63, 3.8) is 0 Å². The molecule has 8 nitrogen and oxygen atoms in total. The molecule has 1 heterocycles. The van der Waals surface area contributed by atoms with Crippen molar-refractivity contribution in [2.24, 2.45) is 0 Å². The molecule has 0 bridgehead atoms. The third-order valence-electron chi connectivity index (χ3n) is 5.64. The Morgan fingerprint density at radius 2 is 1.68 bits per heavy atom. The summed E-state index contributed by atoms with van der Waals surface area (Å²) >= 11 is 11.5. The number of nitrogens with zero attached hydrogens (tertiary/aromatic N) is 2. The number of halogens is 1. The summed E-state index contributed by atoms with van der Waals surface area (Å²) in [7, 11) is 0. The molecule has 190 valence electrons. The third-order valence-corrected chi connectivity index (χ3v) is 6.31. The number of hydrazine groups is 1. The molecule has 1 unspecified atom stereocenters. The van der Waals surface area contributed by atoms with E-state index in [1.165, 1.54) is 9.91 Å². The number of hydrogen-bond acceptors (Lipinski definition) is 5. The van der Waals surface area contributed by atoms with Gasteiger partial charge in [-0.05, 0) is 73.2 Å². The van der Waals surface area contributed by atoms with Crippen LogP contribution < -0.4 is 15.5 Å². The normalized spacial score (nSPS) is 15.0. The highest BCUT2D eigenvalue weighted by molar-refractivity contribution is 7.80. The lowest BCUT2D eigenvalue weighted by molar-refractivity contribution is -0.131. The Morgan fingerprint density at radius 3 is 2.32 bits per heavy atom. The fraction of sp³-hybridized carbons (Fsp3) is 0.185. The molecule has 0 spiro atoms. The second-order valence-corrected chi connectivity index (χ2v) is 9.04. The first-order valence-corrected chi connectivity index (χ1v) is 12.4. The Bertz CT molecular complexity index is 1290. The first kappa shape index (κ1) is 26.1. The maximum Gasteiger partial charge on any atom is 0.269 e. The highest BCUT2D eigenvalue weighted by atomic mass is 35.5. The summed E-state index contributed by atoms with van der Waals surface area (Å²) in [6.07, 6.45) is -0.224. The minimum absolute atomic E-state index is 0.107. The zero-order chi connectivity index (χ0) is 26.4. The molecule has 0 aliphatic carbocycles. The second kappa shape index (κ2) is 11.9. The van der Waals surface area contributed by atoms with Gasteiger partial charge in [0.15, 0.2) is 5.11 Å². The molecule has 4 rings (SSSR count). The van der Waals surface area contributed by atoms with Gasteiger partial charge in [0.1, 0.15) is 11.8 Å². The van der Waals surface area contributed by atoms with Gasteiger partial charge >= 0.3 is 0 Å². The Kier molecular flexibility index (Phi) is 8.37. The zero-order valence-corrected chi connectivity index (χ0v) is 21.6. The molecule has 1 aliphatic heterocycles. The summed E-state index contributed by atoms with van der Waals surface area (Å²) < 4.78 is 5.42. The fourth-order valence-corrected chi connectivity index (χ4v) is 4.28. The van der Waals surface area contributed by atoms with Gasteiger partial charge in [-0.1, -0.05) is 41.9 Å². The van der Waals surface area contributed by atoms with Gasteiger partial charge in [-0.15, -0.1) is 0 Å². The van der Waals surface area contributed by atoms with Crippen LogP contribution in [0.4, 0.5) is 5.69 Å². The van der Waals surface area contributed by atoms with Crippen molar-refractivity contribution in [3.05, 3.63) is 95.0 Å². The summed E-state index contributed by atoms with van der Waals surface area (Å²) in [5.74, 6) is -0.584. The number of amides is 3. The molecule has 1 fully saturated rings. The SMILES string of the molecule is CCOc1ccc(NC(=O)CC2C(=O)N(Cc3ccccc3)C(=S)N2NC(=O)c2ccc(Cl)cc2)cc1. The molecule has 1 atom stereocenters. The van der Waals surface area contributed by atoms with Crippen molar-refractivity contribution in [1.82, 2.24) is 15.3 Å². The first-order chi connectivity index (χ1) is 17.9. The number of anilines is 1. The predicted octanol–water partition coefficient (Wildman–Crippen LogP) is 4.41. The number of ether oxygens (including phenoxy) is 1. The first-order valence-electron chi connectivity index (χ1n) is 11.6. The van der Waals surface area contributed by atoms with E-state index >= 15 is 0 Å². The Labute approximate surface area is 225 Å². The number of rotatable bonds is 9. The van der Waals surface area contributed by atoms with Gasteiger partial charge in [0.05, 0.1) is 19.6 Å². The van der Waals surface area contributed by atoms with E-state index in [9.17, 15) is 14.4 Å². The van der Waals surface area contributed by atoms with Gasteiger partial charge < -0.3 is 10.1 Å². The Hall–Kier alpha value is -3.95. The van der Waals surface area contributed by atoms with Gasteiger partial charge in [-0.2, -0.15) is 0 Å². The van der Waals surface area contributed by atoms with Crippen LogP contribution in [0, 0.1) is 0 Å². The predicted molar refractivity (Wildman–Crippen MR) is 145 cm³/mol. The standard InChI is InChI=1S/C27H25ClN4O4S/c1-2-36-22-14-12-21(13-15-22)29-24(33)16-23-26(35)31(17-18-6-4-3-5-7-18)27(37)32(23)30-25(34)19-8-10-20(28)11-9-19/h3-15,23H,2,16-17H2,1H3,(H,29,33)(H,30,34).